The minimum atomic E-state index is -0.752. The summed E-state index contributed by atoms with van der Waals surface area (Å²) in [5.74, 6) is 0. The van der Waals surface area contributed by atoms with E-state index in [9.17, 15) is 4.21 Å². The molecule has 0 spiro atoms. The van der Waals surface area contributed by atoms with Gasteiger partial charge < -0.3 is 5.32 Å². The Morgan fingerprint density at radius 1 is 1.60 bits per heavy atom. The Kier molecular flexibility index (Phi) is 4.91. The van der Waals surface area contributed by atoms with Gasteiger partial charge in [0.2, 0.25) is 0 Å². The predicted molar refractivity (Wildman–Crippen MR) is 64.2 cm³/mol. The average Bonchev–Trinajstić information content (AvgIpc) is 2.20. The Morgan fingerprint density at radius 3 is 2.93 bits per heavy atom. The Balaban J connectivity index is 2.38. The molecule has 1 rings (SSSR count). The summed E-state index contributed by atoms with van der Waals surface area (Å²) in [5, 5.41) is 3.49. The quantitative estimate of drug-likeness (QED) is 0.821. The van der Waals surface area contributed by atoms with Crippen LogP contribution in [0.5, 0.6) is 0 Å². The van der Waals surface area contributed by atoms with Crippen LogP contribution in [0.3, 0.4) is 0 Å². The third-order valence-electron chi connectivity index (χ3n) is 2.46. The summed E-state index contributed by atoms with van der Waals surface area (Å²) in [7, 11) is -0.752. The molecular formula is C11H18N2OS. The van der Waals surface area contributed by atoms with E-state index in [1.165, 1.54) is 11.1 Å². The summed E-state index contributed by atoms with van der Waals surface area (Å²) in [6.07, 6.45) is 5.40. The lowest BCUT2D eigenvalue weighted by Gasteiger charge is -2.10. The lowest BCUT2D eigenvalue weighted by molar-refractivity contribution is 0.645. The summed E-state index contributed by atoms with van der Waals surface area (Å²) in [4.78, 5) is 4.08. The Labute approximate surface area is 93.8 Å². The van der Waals surface area contributed by atoms with Crippen molar-refractivity contribution in [2.75, 3.05) is 12.8 Å². The van der Waals surface area contributed by atoms with E-state index in [0.29, 0.717) is 0 Å². The van der Waals surface area contributed by atoms with Gasteiger partial charge >= 0.3 is 0 Å². The third kappa shape index (κ3) is 4.10. The van der Waals surface area contributed by atoms with Crippen molar-refractivity contribution in [2.24, 2.45) is 0 Å². The normalized spacial score (nSPS) is 14.9. The van der Waals surface area contributed by atoms with E-state index in [2.05, 4.69) is 17.2 Å². The van der Waals surface area contributed by atoms with Gasteiger partial charge in [-0.15, -0.1) is 0 Å². The number of nitrogens with one attached hydrogen (secondary N) is 1. The van der Waals surface area contributed by atoms with E-state index in [-0.39, 0.29) is 5.25 Å². The molecule has 1 heterocycles. The maximum Gasteiger partial charge on any atom is 0.0441 e. The van der Waals surface area contributed by atoms with Gasteiger partial charge in [0.1, 0.15) is 0 Å². The van der Waals surface area contributed by atoms with Crippen molar-refractivity contribution in [3.8, 4) is 0 Å². The molecular weight excluding hydrogens is 208 g/mol. The number of nitrogens with zero attached hydrogens (tertiary/aromatic N) is 1. The van der Waals surface area contributed by atoms with Crippen LogP contribution >= 0.6 is 0 Å². The first-order chi connectivity index (χ1) is 7.11. The van der Waals surface area contributed by atoms with Crippen LogP contribution in [0.2, 0.25) is 0 Å². The van der Waals surface area contributed by atoms with E-state index >= 15 is 0 Å². The van der Waals surface area contributed by atoms with Crippen molar-refractivity contribution in [3.63, 3.8) is 0 Å². The predicted octanol–water partition coefficient (Wildman–Crippen LogP) is 1.25. The maximum absolute atomic E-state index is 11.1. The number of aromatic nitrogens is 1. The molecule has 0 fully saturated rings. The molecule has 3 nitrogen and oxygen atoms in total. The Bertz CT molecular complexity index is 341. The average molecular weight is 226 g/mol. The van der Waals surface area contributed by atoms with Crippen LogP contribution in [-0.4, -0.2) is 27.2 Å². The van der Waals surface area contributed by atoms with Gasteiger partial charge in [0.15, 0.2) is 0 Å². The van der Waals surface area contributed by atoms with Gasteiger partial charge in [-0.3, -0.25) is 9.19 Å². The molecule has 0 aliphatic heterocycles. The van der Waals surface area contributed by atoms with E-state index < -0.39 is 10.8 Å². The van der Waals surface area contributed by atoms with Gasteiger partial charge in [-0.1, -0.05) is 0 Å². The SMILES string of the molecule is Cc1ccncc1CNCC(C)S(C)=O. The molecule has 2 atom stereocenters. The second-order valence-corrected chi connectivity index (χ2v) is 5.54. The minimum Gasteiger partial charge on any atom is -0.311 e. The molecule has 2 unspecified atom stereocenters. The second kappa shape index (κ2) is 5.98. The highest BCUT2D eigenvalue weighted by molar-refractivity contribution is 7.84. The van der Waals surface area contributed by atoms with Crippen molar-refractivity contribution < 1.29 is 4.21 Å². The molecule has 1 aromatic heterocycles. The fourth-order valence-electron chi connectivity index (χ4n) is 1.21. The minimum absolute atomic E-state index is 0.196. The van der Waals surface area contributed by atoms with Gasteiger partial charge in [0.25, 0.3) is 0 Å². The molecule has 0 bridgehead atoms. The first-order valence-corrected chi connectivity index (χ1v) is 6.66. The summed E-state index contributed by atoms with van der Waals surface area (Å²) < 4.78 is 11.1. The smallest absolute Gasteiger partial charge is 0.0441 e. The molecule has 0 radical (unpaired) electrons. The highest BCUT2D eigenvalue weighted by atomic mass is 32.2. The fraction of sp³-hybridized carbons (Fsp3) is 0.545. The molecule has 0 aliphatic rings. The Morgan fingerprint density at radius 2 is 2.33 bits per heavy atom. The third-order valence-corrected chi connectivity index (χ3v) is 3.76. The number of aryl methyl sites for hydroxylation is 1. The molecule has 84 valence electrons. The zero-order valence-electron chi connectivity index (χ0n) is 9.49. The van der Waals surface area contributed by atoms with E-state index in [1.807, 2.05) is 19.2 Å². The van der Waals surface area contributed by atoms with E-state index in [4.69, 9.17) is 0 Å². The van der Waals surface area contributed by atoms with Crippen LogP contribution in [0.1, 0.15) is 18.1 Å². The van der Waals surface area contributed by atoms with Gasteiger partial charge in [0, 0.05) is 47.8 Å². The van der Waals surface area contributed by atoms with Crippen LogP contribution in [0, 0.1) is 6.92 Å². The molecule has 0 saturated carbocycles. The maximum atomic E-state index is 11.1. The molecule has 1 aromatic rings. The molecule has 1 N–H and O–H groups in total. The summed E-state index contributed by atoms with van der Waals surface area (Å²) in [5.41, 5.74) is 2.44. The van der Waals surface area contributed by atoms with Crippen LogP contribution in [0.4, 0.5) is 0 Å². The zero-order chi connectivity index (χ0) is 11.3. The molecule has 4 heteroatoms. The van der Waals surface area contributed by atoms with Gasteiger partial charge in [-0.2, -0.15) is 0 Å². The summed E-state index contributed by atoms with van der Waals surface area (Å²) >= 11 is 0. The lowest BCUT2D eigenvalue weighted by atomic mass is 10.1. The van der Waals surface area contributed by atoms with Crippen LogP contribution in [0.25, 0.3) is 0 Å². The van der Waals surface area contributed by atoms with Crippen molar-refractivity contribution in [2.45, 2.75) is 25.6 Å². The highest BCUT2D eigenvalue weighted by Crippen LogP contribution is 2.04. The fourth-order valence-corrected chi connectivity index (χ4v) is 1.56. The molecule has 0 saturated heterocycles. The van der Waals surface area contributed by atoms with Crippen LogP contribution in [0.15, 0.2) is 18.5 Å². The molecule has 0 amide bonds. The lowest BCUT2D eigenvalue weighted by Crippen LogP contribution is -2.27. The van der Waals surface area contributed by atoms with E-state index in [0.717, 1.165) is 13.1 Å². The van der Waals surface area contributed by atoms with Gasteiger partial charge in [0.05, 0.1) is 0 Å². The summed E-state index contributed by atoms with van der Waals surface area (Å²) in [6, 6.07) is 2.00. The van der Waals surface area contributed by atoms with Crippen molar-refractivity contribution in [1.29, 1.82) is 0 Å². The zero-order valence-corrected chi connectivity index (χ0v) is 10.3. The topological polar surface area (TPSA) is 42.0 Å². The largest absolute Gasteiger partial charge is 0.311 e. The number of rotatable bonds is 5. The molecule has 0 aromatic carbocycles. The van der Waals surface area contributed by atoms with Crippen LogP contribution in [-0.2, 0) is 17.3 Å². The standard InChI is InChI=1S/C11H18N2OS/c1-9-4-5-12-7-11(9)8-13-6-10(2)15(3)14/h4-5,7,10,13H,6,8H2,1-3H3. The first-order valence-electron chi connectivity index (χ1n) is 5.03. The van der Waals surface area contributed by atoms with Gasteiger partial charge in [-0.05, 0) is 31.0 Å². The second-order valence-electron chi connectivity index (χ2n) is 3.74. The molecule has 15 heavy (non-hydrogen) atoms. The van der Waals surface area contributed by atoms with Crippen molar-refractivity contribution in [3.05, 3.63) is 29.6 Å². The Hall–Kier alpha value is -0.740. The highest BCUT2D eigenvalue weighted by Gasteiger charge is 2.05. The number of hydrogen-bond acceptors (Lipinski definition) is 3. The van der Waals surface area contributed by atoms with Crippen molar-refractivity contribution >= 4 is 10.8 Å². The van der Waals surface area contributed by atoms with E-state index in [1.54, 1.807) is 12.5 Å². The number of pyridine rings is 1. The van der Waals surface area contributed by atoms with Gasteiger partial charge in [-0.25, -0.2) is 0 Å². The number of hydrogen-bond donors (Lipinski definition) is 1. The molecule has 0 aliphatic carbocycles. The van der Waals surface area contributed by atoms with Crippen LogP contribution < -0.4 is 5.32 Å². The summed E-state index contributed by atoms with van der Waals surface area (Å²) in [6.45, 7) is 5.62. The van der Waals surface area contributed by atoms with Crippen molar-refractivity contribution in [1.82, 2.24) is 10.3 Å². The monoisotopic (exact) mass is 226 g/mol. The first kappa shape index (κ1) is 12.3.